The molecule has 20 heavy (non-hydrogen) atoms. The van der Waals surface area contributed by atoms with Gasteiger partial charge in [-0.05, 0) is 24.6 Å². The zero-order chi connectivity index (χ0) is 14.2. The Kier molecular flexibility index (Phi) is 5.71. The number of ether oxygens (including phenoxy) is 2. The molecule has 2 rings (SSSR count). The molecule has 0 saturated carbocycles. The molecule has 0 amide bonds. The van der Waals surface area contributed by atoms with Crippen molar-refractivity contribution >= 4 is 5.84 Å². The third-order valence-corrected chi connectivity index (χ3v) is 3.37. The van der Waals surface area contributed by atoms with Crippen LogP contribution >= 0.6 is 0 Å². The molecule has 0 radical (unpaired) electrons. The average Bonchev–Trinajstić information content (AvgIpc) is 3.01. The summed E-state index contributed by atoms with van der Waals surface area (Å²) in [6.45, 7) is 4.71. The van der Waals surface area contributed by atoms with E-state index >= 15 is 0 Å². The fourth-order valence-corrected chi connectivity index (χ4v) is 2.24. The van der Waals surface area contributed by atoms with Crippen LogP contribution in [0.25, 0.3) is 0 Å². The molecule has 1 aliphatic heterocycles. The third kappa shape index (κ3) is 3.89. The normalized spacial score (nSPS) is 13.8. The minimum absolute atomic E-state index is 0.745. The number of unbranched alkanes of at least 4 members (excludes halogenated alkanes) is 3. The minimum Gasteiger partial charge on any atom is -0.493 e. The van der Waals surface area contributed by atoms with Gasteiger partial charge in [-0.3, -0.25) is 4.99 Å². The van der Waals surface area contributed by atoms with E-state index in [1.807, 2.05) is 18.2 Å². The maximum Gasteiger partial charge on any atom is 0.161 e. The number of hydrogen-bond acceptors (Lipinski definition) is 4. The molecular formula is C16H24N2O2. The van der Waals surface area contributed by atoms with Crippen molar-refractivity contribution in [1.29, 1.82) is 0 Å². The summed E-state index contributed by atoms with van der Waals surface area (Å²) < 4.78 is 11.2. The lowest BCUT2D eigenvalue weighted by Crippen LogP contribution is -2.19. The van der Waals surface area contributed by atoms with Crippen LogP contribution in [-0.4, -0.2) is 32.6 Å². The van der Waals surface area contributed by atoms with Gasteiger partial charge >= 0.3 is 0 Å². The summed E-state index contributed by atoms with van der Waals surface area (Å²) in [5.41, 5.74) is 1.05. The highest BCUT2D eigenvalue weighted by molar-refractivity contribution is 6.00. The molecule has 0 aliphatic carbocycles. The number of nitrogens with one attached hydrogen (secondary N) is 1. The van der Waals surface area contributed by atoms with Crippen molar-refractivity contribution in [3.63, 3.8) is 0 Å². The Bertz CT molecular complexity index is 458. The summed E-state index contributed by atoms with van der Waals surface area (Å²) in [6.07, 6.45) is 4.82. The van der Waals surface area contributed by atoms with Crippen molar-refractivity contribution in [2.45, 2.75) is 32.6 Å². The molecule has 4 heteroatoms. The van der Waals surface area contributed by atoms with E-state index in [9.17, 15) is 0 Å². The molecule has 1 aromatic rings. The lowest BCUT2D eigenvalue weighted by atomic mass is 10.2. The standard InChI is InChI=1S/C16H24N2O2/c1-3-4-5-6-11-20-14-8-7-13(12-15(14)19-2)16-17-9-10-18-16/h7-8,12H,3-6,9-11H2,1-2H3,(H,17,18). The summed E-state index contributed by atoms with van der Waals surface area (Å²) in [6, 6.07) is 5.98. The molecule has 1 aromatic carbocycles. The van der Waals surface area contributed by atoms with Crippen LogP contribution in [0.1, 0.15) is 38.2 Å². The second kappa shape index (κ2) is 7.78. The first-order valence-electron chi connectivity index (χ1n) is 7.44. The van der Waals surface area contributed by atoms with Crippen molar-refractivity contribution < 1.29 is 9.47 Å². The highest BCUT2D eigenvalue weighted by Gasteiger charge is 2.12. The first-order chi connectivity index (χ1) is 9.85. The molecule has 1 heterocycles. The Morgan fingerprint density at radius 1 is 1.20 bits per heavy atom. The van der Waals surface area contributed by atoms with Crippen LogP contribution in [0.4, 0.5) is 0 Å². The van der Waals surface area contributed by atoms with Crippen molar-refractivity contribution in [2.75, 3.05) is 26.8 Å². The van der Waals surface area contributed by atoms with Gasteiger partial charge in [-0.15, -0.1) is 0 Å². The summed E-state index contributed by atoms with van der Waals surface area (Å²) in [7, 11) is 1.67. The van der Waals surface area contributed by atoms with Gasteiger partial charge in [0.25, 0.3) is 0 Å². The quantitative estimate of drug-likeness (QED) is 0.742. The van der Waals surface area contributed by atoms with Crippen LogP contribution in [0, 0.1) is 0 Å². The van der Waals surface area contributed by atoms with E-state index in [0.717, 1.165) is 49.0 Å². The molecule has 0 saturated heterocycles. The number of nitrogens with zero attached hydrogens (tertiary/aromatic N) is 1. The average molecular weight is 276 g/mol. The smallest absolute Gasteiger partial charge is 0.161 e. The number of rotatable bonds is 8. The van der Waals surface area contributed by atoms with Gasteiger partial charge in [0.1, 0.15) is 5.84 Å². The summed E-state index contributed by atoms with van der Waals surface area (Å²) in [5, 5.41) is 3.26. The predicted molar refractivity (Wildman–Crippen MR) is 82.0 cm³/mol. The molecule has 0 fully saturated rings. The first-order valence-corrected chi connectivity index (χ1v) is 7.44. The number of benzene rings is 1. The Balaban J connectivity index is 1.95. The first kappa shape index (κ1) is 14.7. The number of amidine groups is 1. The van der Waals surface area contributed by atoms with Gasteiger partial charge in [0.05, 0.1) is 20.3 Å². The second-order valence-corrected chi connectivity index (χ2v) is 4.93. The van der Waals surface area contributed by atoms with E-state index in [2.05, 4.69) is 17.2 Å². The SMILES string of the molecule is CCCCCCOc1ccc(C2=NCCN2)cc1OC. The minimum atomic E-state index is 0.745. The maximum absolute atomic E-state index is 5.81. The van der Waals surface area contributed by atoms with Gasteiger partial charge in [0.15, 0.2) is 11.5 Å². The molecule has 0 spiro atoms. The monoisotopic (exact) mass is 276 g/mol. The maximum atomic E-state index is 5.81. The van der Waals surface area contributed by atoms with Gasteiger partial charge in [-0.2, -0.15) is 0 Å². The van der Waals surface area contributed by atoms with Crippen molar-refractivity contribution in [3.05, 3.63) is 23.8 Å². The zero-order valence-electron chi connectivity index (χ0n) is 12.4. The lowest BCUT2D eigenvalue weighted by molar-refractivity contribution is 0.285. The van der Waals surface area contributed by atoms with Crippen LogP contribution in [-0.2, 0) is 0 Å². The summed E-state index contributed by atoms with van der Waals surface area (Å²) in [5.74, 6) is 2.53. The topological polar surface area (TPSA) is 42.8 Å². The van der Waals surface area contributed by atoms with Gasteiger partial charge in [0.2, 0.25) is 0 Å². The molecular weight excluding hydrogens is 252 g/mol. The summed E-state index contributed by atoms with van der Waals surface area (Å²) >= 11 is 0. The van der Waals surface area contributed by atoms with E-state index in [1.165, 1.54) is 19.3 Å². The van der Waals surface area contributed by atoms with E-state index in [1.54, 1.807) is 7.11 Å². The molecule has 0 aromatic heterocycles. The molecule has 4 nitrogen and oxygen atoms in total. The van der Waals surface area contributed by atoms with E-state index in [0.29, 0.717) is 0 Å². The Labute approximate surface area is 121 Å². The molecule has 1 aliphatic rings. The fourth-order valence-electron chi connectivity index (χ4n) is 2.24. The fraction of sp³-hybridized carbons (Fsp3) is 0.562. The predicted octanol–water partition coefficient (Wildman–Crippen LogP) is 3.00. The highest BCUT2D eigenvalue weighted by atomic mass is 16.5. The van der Waals surface area contributed by atoms with Crippen LogP contribution in [0.3, 0.4) is 0 Å². The van der Waals surface area contributed by atoms with E-state index in [-0.39, 0.29) is 0 Å². The van der Waals surface area contributed by atoms with Crippen LogP contribution in [0.5, 0.6) is 11.5 Å². The van der Waals surface area contributed by atoms with Gasteiger partial charge < -0.3 is 14.8 Å². The molecule has 0 unspecified atom stereocenters. The number of methoxy groups -OCH3 is 1. The highest BCUT2D eigenvalue weighted by Crippen LogP contribution is 2.28. The van der Waals surface area contributed by atoms with Crippen molar-refractivity contribution in [1.82, 2.24) is 5.32 Å². The molecule has 0 atom stereocenters. The number of hydrogen-bond donors (Lipinski definition) is 1. The Morgan fingerprint density at radius 3 is 2.80 bits per heavy atom. The molecule has 0 bridgehead atoms. The van der Waals surface area contributed by atoms with Gasteiger partial charge in [0, 0.05) is 12.1 Å². The third-order valence-electron chi connectivity index (χ3n) is 3.37. The van der Waals surface area contributed by atoms with Gasteiger partial charge in [-0.25, -0.2) is 0 Å². The van der Waals surface area contributed by atoms with Crippen LogP contribution in [0.15, 0.2) is 23.2 Å². The van der Waals surface area contributed by atoms with Gasteiger partial charge in [-0.1, -0.05) is 26.2 Å². The summed E-state index contributed by atoms with van der Waals surface area (Å²) in [4.78, 5) is 4.42. The zero-order valence-corrected chi connectivity index (χ0v) is 12.4. The van der Waals surface area contributed by atoms with Crippen LogP contribution < -0.4 is 14.8 Å². The van der Waals surface area contributed by atoms with Crippen molar-refractivity contribution in [2.24, 2.45) is 4.99 Å². The largest absolute Gasteiger partial charge is 0.493 e. The second-order valence-electron chi connectivity index (χ2n) is 4.93. The number of aliphatic imine (C=N–C) groups is 1. The van der Waals surface area contributed by atoms with Crippen molar-refractivity contribution in [3.8, 4) is 11.5 Å². The molecule has 1 N–H and O–H groups in total. The Hall–Kier alpha value is -1.71. The van der Waals surface area contributed by atoms with E-state index in [4.69, 9.17) is 9.47 Å². The van der Waals surface area contributed by atoms with Crippen LogP contribution in [0.2, 0.25) is 0 Å². The lowest BCUT2D eigenvalue weighted by Gasteiger charge is -2.12. The molecule has 110 valence electrons. The van der Waals surface area contributed by atoms with E-state index < -0.39 is 0 Å². The Morgan fingerprint density at radius 2 is 2.10 bits per heavy atom.